The molecule has 4 rings (SSSR count). The molecule has 0 atom stereocenters. The minimum atomic E-state index is -0.248. The summed E-state index contributed by atoms with van der Waals surface area (Å²) in [4.78, 5) is 30.7. The Morgan fingerprint density at radius 3 is 2.24 bits per heavy atom. The van der Waals surface area contributed by atoms with Crippen LogP contribution in [-0.4, -0.2) is 65.4 Å². The zero-order chi connectivity index (χ0) is 26.9. The van der Waals surface area contributed by atoms with Crippen LogP contribution in [0.3, 0.4) is 0 Å². The molecule has 3 aromatic carbocycles. The Balaban J connectivity index is 1.53. The fraction of sp³-hybridized carbons (Fsp3) is 0.310. The highest BCUT2D eigenvalue weighted by Gasteiger charge is 2.24. The highest BCUT2D eigenvalue weighted by atomic mass is 79.9. The third kappa shape index (κ3) is 6.65. The van der Waals surface area contributed by atoms with Gasteiger partial charge in [0.2, 0.25) is 0 Å². The number of amides is 2. The van der Waals surface area contributed by atoms with E-state index in [0.29, 0.717) is 40.9 Å². The summed E-state index contributed by atoms with van der Waals surface area (Å²) in [7, 11) is 3.32. The van der Waals surface area contributed by atoms with Crippen LogP contribution in [0, 0.1) is 0 Å². The van der Waals surface area contributed by atoms with E-state index in [1.807, 2.05) is 48.5 Å². The Morgan fingerprint density at radius 1 is 0.842 bits per heavy atom. The van der Waals surface area contributed by atoms with Crippen LogP contribution in [0.2, 0.25) is 0 Å². The lowest BCUT2D eigenvalue weighted by atomic mass is 10.1. The number of halogens is 1. The van der Waals surface area contributed by atoms with Crippen molar-refractivity contribution in [3.05, 3.63) is 82.3 Å². The lowest BCUT2D eigenvalue weighted by molar-refractivity contribution is 0.0947. The van der Waals surface area contributed by atoms with Crippen LogP contribution >= 0.6 is 15.9 Å². The first kappa shape index (κ1) is 27.5. The molecule has 0 bridgehead atoms. The van der Waals surface area contributed by atoms with Crippen molar-refractivity contribution in [1.82, 2.24) is 5.32 Å². The standard InChI is InChI=1S/C29H33BrN4O4/c1-37-19-7-14-31-28(35)23-20-21(32-29(36)22-8-3-4-9-24(22)30)12-13-25(23)33-15-17-34(18-16-33)26-10-5-6-11-27(26)38-2/h3-6,8-13,20H,7,14-19H2,1-2H3,(H,31,35)(H,32,36). The smallest absolute Gasteiger partial charge is 0.256 e. The van der Waals surface area contributed by atoms with Crippen LogP contribution in [0.5, 0.6) is 5.75 Å². The number of nitrogens with one attached hydrogen (secondary N) is 2. The molecule has 200 valence electrons. The molecule has 3 aromatic rings. The molecular weight excluding hydrogens is 548 g/mol. The minimum absolute atomic E-state index is 0.180. The predicted octanol–water partition coefficient (Wildman–Crippen LogP) is 4.80. The highest BCUT2D eigenvalue weighted by molar-refractivity contribution is 9.10. The topological polar surface area (TPSA) is 83.1 Å². The number of anilines is 3. The Kier molecular flexibility index (Phi) is 9.62. The number of ether oxygens (including phenoxy) is 2. The van der Waals surface area contributed by atoms with E-state index >= 15 is 0 Å². The van der Waals surface area contributed by atoms with Gasteiger partial charge in [-0.15, -0.1) is 0 Å². The summed E-state index contributed by atoms with van der Waals surface area (Å²) in [6, 6.07) is 20.8. The molecule has 0 radical (unpaired) electrons. The van der Waals surface area contributed by atoms with Gasteiger partial charge in [0, 0.05) is 62.3 Å². The molecule has 2 N–H and O–H groups in total. The van der Waals surface area contributed by atoms with Crippen LogP contribution in [0.1, 0.15) is 27.1 Å². The summed E-state index contributed by atoms with van der Waals surface area (Å²) in [5.41, 5.74) is 3.51. The Labute approximate surface area is 232 Å². The lowest BCUT2D eigenvalue weighted by Crippen LogP contribution is -2.47. The van der Waals surface area contributed by atoms with Gasteiger partial charge in [-0.1, -0.05) is 24.3 Å². The number of nitrogens with zero attached hydrogens (tertiary/aromatic N) is 2. The molecule has 38 heavy (non-hydrogen) atoms. The number of benzene rings is 3. The monoisotopic (exact) mass is 580 g/mol. The number of para-hydroxylation sites is 2. The van der Waals surface area contributed by atoms with Gasteiger partial charge in [0.15, 0.2) is 0 Å². The molecule has 0 unspecified atom stereocenters. The van der Waals surface area contributed by atoms with E-state index in [-0.39, 0.29) is 11.8 Å². The average Bonchev–Trinajstić information content (AvgIpc) is 2.95. The van der Waals surface area contributed by atoms with Gasteiger partial charge in [-0.05, 0) is 64.8 Å². The Morgan fingerprint density at radius 2 is 1.53 bits per heavy atom. The van der Waals surface area contributed by atoms with Crippen molar-refractivity contribution >= 4 is 44.8 Å². The third-order valence-corrected chi connectivity index (χ3v) is 7.17. The molecule has 8 nitrogen and oxygen atoms in total. The van der Waals surface area contributed by atoms with E-state index in [1.165, 1.54) is 0 Å². The largest absolute Gasteiger partial charge is 0.495 e. The van der Waals surface area contributed by atoms with E-state index in [0.717, 1.165) is 43.3 Å². The van der Waals surface area contributed by atoms with Crippen molar-refractivity contribution in [2.24, 2.45) is 0 Å². The molecular formula is C29H33BrN4O4. The minimum Gasteiger partial charge on any atom is -0.495 e. The number of carbonyl (C=O) groups excluding carboxylic acids is 2. The van der Waals surface area contributed by atoms with Gasteiger partial charge >= 0.3 is 0 Å². The number of hydrogen-bond donors (Lipinski definition) is 2. The lowest BCUT2D eigenvalue weighted by Gasteiger charge is -2.38. The number of methoxy groups -OCH3 is 2. The zero-order valence-electron chi connectivity index (χ0n) is 21.7. The van der Waals surface area contributed by atoms with E-state index in [2.05, 4.69) is 42.4 Å². The number of piperazine rings is 1. The molecule has 1 fully saturated rings. The second-order valence-electron chi connectivity index (χ2n) is 8.91. The maximum atomic E-state index is 13.3. The molecule has 9 heteroatoms. The van der Waals surface area contributed by atoms with Crippen molar-refractivity contribution in [3.8, 4) is 5.75 Å². The molecule has 2 amide bonds. The van der Waals surface area contributed by atoms with Gasteiger partial charge in [-0.25, -0.2) is 0 Å². The van der Waals surface area contributed by atoms with Gasteiger partial charge in [-0.2, -0.15) is 0 Å². The van der Waals surface area contributed by atoms with Gasteiger partial charge in [-0.3, -0.25) is 9.59 Å². The quantitative estimate of drug-likeness (QED) is 0.335. The van der Waals surface area contributed by atoms with Crippen molar-refractivity contribution in [3.63, 3.8) is 0 Å². The van der Waals surface area contributed by atoms with Crippen molar-refractivity contribution in [2.75, 3.05) is 68.7 Å². The second-order valence-corrected chi connectivity index (χ2v) is 9.77. The third-order valence-electron chi connectivity index (χ3n) is 6.47. The fourth-order valence-electron chi connectivity index (χ4n) is 4.51. The number of carbonyl (C=O) groups is 2. The molecule has 0 spiro atoms. The van der Waals surface area contributed by atoms with Gasteiger partial charge in [0.1, 0.15) is 5.75 Å². The van der Waals surface area contributed by atoms with Crippen molar-refractivity contribution in [2.45, 2.75) is 6.42 Å². The summed E-state index contributed by atoms with van der Waals surface area (Å²) in [5.74, 6) is 0.421. The van der Waals surface area contributed by atoms with Gasteiger partial charge < -0.3 is 29.9 Å². The van der Waals surface area contributed by atoms with Crippen molar-refractivity contribution < 1.29 is 19.1 Å². The van der Waals surface area contributed by atoms with Gasteiger partial charge in [0.05, 0.1) is 23.9 Å². The first-order chi connectivity index (χ1) is 18.5. The van der Waals surface area contributed by atoms with Crippen LogP contribution in [0.4, 0.5) is 17.1 Å². The van der Waals surface area contributed by atoms with E-state index in [9.17, 15) is 9.59 Å². The predicted molar refractivity (Wildman–Crippen MR) is 155 cm³/mol. The van der Waals surface area contributed by atoms with Crippen LogP contribution < -0.4 is 25.2 Å². The zero-order valence-corrected chi connectivity index (χ0v) is 23.3. The Hall–Kier alpha value is -3.56. The SMILES string of the molecule is COCCCNC(=O)c1cc(NC(=O)c2ccccc2Br)ccc1N1CCN(c2ccccc2OC)CC1. The first-order valence-corrected chi connectivity index (χ1v) is 13.4. The highest BCUT2D eigenvalue weighted by Crippen LogP contribution is 2.31. The fourth-order valence-corrected chi connectivity index (χ4v) is 4.97. The summed E-state index contributed by atoms with van der Waals surface area (Å²) < 4.78 is 11.4. The van der Waals surface area contributed by atoms with Crippen LogP contribution in [0.25, 0.3) is 0 Å². The normalized spacial score (nSPS) is 13.2. The summed E-state index contributed by atoms with van der Waals surface area (Å²) in [5, 5.41) is 5.92. The van der Waals surface area contributed by atoms with E-state index in [1.54, 1.807) is 26.4 Å². The van der Waals surface area contributed by atoms with Crippen molar-refractivity contribution in [1.29, 1.82) is 0 Å². The molecule has 1 saturated heterocycles. The van der Waals surface area contributed by atoms with Crippen LogP contribution in [-0.2, 0) is 4.74 Å². The maximum absolute atomic E-state index is 13.3. The molecule has 0 aromatic heterocycles. The first-order valence-electron chi connectivity index (χ1n) is 12.6. The molecule has 0 aliphatic carbocycles. The average molecular weight is 582 g/mol. The molecule has 0 saturated carbocycles. The number of hydrogen-bond acceptors (Lipinski definition) is 6. The summed E-state index contributed by atoms with van der Waals surface area (Å²) in [6.45, 7) is 4.13. The molecule has 1 aliphatic heterocycles. The van der Waals surface area contributed by atoms with E-state index in [4.69, 9.17) is 9.47 Å². The maximum Gasteiger partial charge on any atom is 0.256 e. The summed E-state index contributed by atoms with van der Waals surface area (Å²) >= 11 is 3.43. The van der Waals surface area contributed by atoms with E-state index < -0.39 is 0 Å². The molecule has 1 aliphatic rings. The second kappa shape index (κ2) is 13.3. The number of rotatable bonds is 10. The molecule has 1 heterocycles. The van der Waals surface area contributed by atoms with Gasteiger partial charge in [0.25, 0.3) is 11.8 Å². The van der Waals surface area contributed by atoms with Crippen LogP contribution in [0.15, 0.2) is 71.2 Å². The Bertz CT molecular complexity index is 1260. The summed E-state index contributed by atoms with van der Waals surface area (Å²) in [6.07, 6.45) is 0.716.